The van der Waals surface area contributed by atoms with Gasteiger partial charge in [0.05, 0.1) is 6.54 Å². The molecule has 1 aromatic rings. The third-order valence-electron chi connectivity index (χ3n) is 4.51. The summed E-state index contributed by atoms with van der Waals surface area (Å²) in [6.07, 6.45) is 7.82. The third kappa shape index (κ3) is 6.43. The zero-order valence-corrected chi connectivity index (χ0v) is 14.1. The predicted octanol–water partition coefficient (Wildman–Crippen LogP) is 2.92. The molecule has 4 heteroatoms. The summed E-state index contributed by atoms with van der Waals surface area (Å²) in [5.74, 6) is -0.0721. The maximum atomic E-state index is 12.2. The van der Waals surface area contributed by atoms with E-state index in [1.54, 1.807) is 4.90 Å². The first-order valence-corrected chi connectivity index (χ1v) is 8.74. The van der Waals surface area contributed by atoms with Crippen LogP contribution in [-0.4, -0.2) is 35.8 Å². The molecule has 1 N–H and O–H groups in total. The number of rotatable bonds is 6. The standard InChI is InChI=1S/C19H28N2O2/c1-16(22)21(14-13-17-9-5-4-6-10-17)15-19(23)20-18-11-7-2-3-8-12-18/h4-6,9-10,18H,2-3,7-8,11-15H2,1H3,(H,20,23). The molecule has 0 atom stereocenters. The summed E-state index contributed by atoms with van der Waals surface area (Å²) in [5, 5.41) is 3.11. The van der Waals surface area contributed by atoms with Gasteiger partial charge in [0, 0.05) is 19.5 Å². The minimum atomic E-state index is -0.0445. The van der Waals surface area contributed by atoms with E-state index in [0.29, 0.717) is 6.54 Å². The van der Waals surface area contributed by atoms with Crippen molar-refractivity contribution in [3.63, 3.8) is 0 Å². The Kier molecular flexibility index (Phi) is 7.11. The molecule has 0 radical (unpaired) electrons. The van der Waals surface area contributed by atoms with Gasteiger partial charge in [0.25, 0.3) is 0 Å². The number of benzene rings is 1. The van der Waals surface area contributed by atoms with Gasteiger partial charge in [-0.1, -0.05) is 56.0 Å². The van der Waals surface area contributed by atoms with Crippen LogP contribution in [0.1, 0.15) is 51.0 Å². The van der Waals surface area contributed by atoms with Crippen molar-refractivity contribution >= 4 is 11.8 Å². The summed E-state index contributed by atoms with van der Waals surface area (Å²) in [7, 11) is 0. The lowest BCUT2D eigenvalue weighted by atomic mass is 10.1. The van der Waals surface area contributed by atoms with E-state index in [4.69, 9.17) is 0 Å². The number of hydrogen-bond acceptors (Lipinski definition) is 2. The summed E-state index contributed by atoms with van der Waals surface area (Å²) in [6.45, 7) is 2.28. The van der Waals surface area contributed by atoms with Crippen molar-refractivity contribution in [3.8, 4) is 0 Å². The van der Waals surface area contributed by atoms with Gasteiger partial charge < -0.3 is 10.2 Å². The minimum Gasteiger partial charge on any atom is -0.352 e. The fourth-order valence-corrected chi connectivity index (χ4v) is 3.13. The smallest absolute Gasteiger partial charge is 0.239 e. The number of carbonyl (C=O) groups excluding carboxylic acids is 2. The molecular formula is C19H28N2O2. The monoisotopic (exact) mass is 316 g/mol. The first kappa shape index (κ1) is 17.5. The van der Waals surface area contributed by atoms with Gasteiger partial charge in [-0.2, -0.15) is 0 Å². The molecule has 23 heavy (non-hydrogen) atoms. The summed E-state index contributed by atoms with van der Waals surface area (Å²) < 4.78 is 0. The lowest BCUT2D eigenvalue weighted by molar-refractivity contribution is -0.134. The Morgan fingerprint density at radius 3 is 2.35 bits per heavy atom. The maximum absolute atomic E-state index is 12.2. The van der Waals surface area contributed by atoms with Crippen LogP contribution < -0.4 is 5.32 Å². The Morgan fingerprint density at radius 1 is 1.09 bits per heavy atom. The highest BCUT2D eigenvalue weighted by Crippen LogP contribution is 2.17. The van der Waals surface area contributed by atoms with Gasteiger partial charge in [-0.25, -0.2) is 0 Å². The van der Waals surface area contributed by atoms with Crippen molar-refractivity contribution in [1.29, 1.82) is 0 Å². The normalized spacial score (nSPS) is 15.7. The van der Waals surface area contributed by atoms with Gasteiger partial charge >= 0.3 is 0 Å². The number of hydrogen-bond donors (Lipinski definition) is 1. The largest absolute Gasteiger partial charge is 0.352 e. The number of amides is 2. The molecule has 1 fully saturated rings. The molecule has 1 aliphatic rings. The molecular weight excluding hydrogens is 288 g/mol. The van der Waals surface area contributed by atoms with Crippen LogP contribution >= 0.6 is 0 Å². The molecule has 0 aromatic heterocycles. The lowest BCUT2D eigenvalue weighted by Crippen LogP contribution is -2.44. The molecule has 0 heterocycles. The van der Waals surface area contributed by atoms with Crippen LogP contribution in [0, 0.1) is 0 Å². The van der Waals surface area contributed by atoms with Crippen LogP contribution in [-0.2, 0) is 16.0 Å². The first-order valence-electron chi connectivity index (χ1n) is 8.74. The van der Waals surface area contributed by atoms with Crippen LogP contribution in [0.5, 0.6) is 0 Å². The van der Waals surface area contributed by atoms with E-state index in [1.807, 2.05) is 30.3 Å². The third-order valence-corrected chi connectivity index (χ3v) is 4.51. The molecule has 1 saturated carbocycles. The Morgan fingerprint density at radius 2 is 1.74 bits per heavy atom. The van der Waals surface area contributed by atoms with Crippen LogP contribution in [0.25, 0.3) is 0 Å². The van der Waals surface area contributed by atoms with Crippen molar-refractivity contribution in [2.45, 2.75) is 57.9 Å². The second-order valence-electron chi connectivity index (χ2n) is 6.43. The zero-order chi connectivity index (χ0) is 16.5. The minimum absolute atomic E-state index is 0.0276. The van der Waals surface area contributed by atoms with Crippen molar-refractivity contribution in [3.05, 3.63) is 35.9 Å². The van der Waals surface area contributed by atoms with Gasteiger partial charge in [-0.05, 0) is 24.8 Å². The van der Waals surface area contributed by atoms with Crippen LogP contribution in [0.4, 0.5) is 0 Å². The van der Waals surface area contributed by atoms with E-state index < -0.39 is 0 Å². The van der Waals surface area contributed by atoms with E-state index in [2.05, 4.69) is 5.32 Å². The molecule has 4 nitrogen and oxygen atoms in total. The Labute approximate surface area is 139 Å². The Hall–Kier alpha value is -1.84. The number of nitrogens with zero attached hydrogens (tertiary/aromatic N) is 1. The quantitative estimate of drug-likeness (QED) is 0.820. The maximum Gasteiger partial charge on any atom is 0.239 e. The zero-order valence-electron chi connectivity index (χ0n) is 14.1. The Balaban J connectivity index is 1.80. The summed E-state index contributed by atoms with van der Waals surface area (Å²) in [4.78, 5) is 25.7. The predicted molar refractivity (Wildman–Crippen MR) is 92.0 cm³/mol. The van der Waals surface area contributed by atoms with Gasteiger partial charge in [0.2, 0.25) is 11.8 Å². The van der Waals surface area contributed by atoms with Gasteiger partial charge in [0.1, 0.15) is 0 Å². The lowest BCUT2D eigenvalue weighted by Gasteiger charge is -2.23. The average Bonchev–Trinajstić information content (AvgIpc) is 2.80. The van der Waals surface area contributed by atoms with Crippen LogP contribution in [0.3, 0.4) is 0 Å². The number of nitrogens with one attached hydrogen (secondary N) is 1. The molecule has 1 aromatic carbocycles. The van der Waals surface area contributed by atoms with Crippen molar-refractivity contribution in [1.82, 2.24) is 10.2 Å². The molecule has 0 saturated heterocycles. The van der Waals surface area contributed by atoms with E-state index in [0.717, 1.165) is 19.3 Å². The average molecular weight is 316 g/mol. The van der Waals surface area contributed by atoms with E-state index in [9.17, 15) is 9.59 Å². The molecule has 0 spiro atoms. The molecule has 1 aliphatic carbocycles. The molecule has 2 rings (SSSR count). The summed E-state index contributed by atoms with van der Waals surface area (Å²) in [6, 6.07) is 10.3. The van der Waals surface area contributed by atoms with Gasteiger partial charge in [-0.15, -0.1) is 0 Å². The molecule has 0 bridgehead atoms. The second-order valence-corrected chi connectivity index (χ2v) is 6.43. The molecule has 0 aliphatic heterocycles. The summed E-state index contributed by atoms with van der Waals surface area (Å²) in [5.41, 5.74) is 1.18. The molecule has 126 valence electrons. The molecule has 0 unspecified atom stereocenters. The highest BCUT2D eigenvalue weighted by Gasteiger charge is 2.18. The topological polar surface area (TPSA) is 49.4 Å². The van der Waals surface area contributed by atoms with Crippen molar-refractivity contribution in [2.24, 2.45) is 0 Å². The molecule has 2 amide bonds. The number of carbonyl (C=O) groups is 2. The van der Waals surface area contributed by atoms with E-state index >= 15 is 0 Å². The highest BCUT2D eigenvalue weighted by atomic mass is 16.2. The SMILES string of the molecule is CC(=O)N(CCc1ccccc1)CC(=O)NC1CCCCCC1. The second kappa shape index (κ2) is 9.33. The van der Waals surface area contributed by atoms with Gasteiger partial charge in [-0.3, -0.25) is 9.59 Å². The van der Waals surface area contributed by atoms with Crippen molar-refractivity contribution in [2.75, 3.05) is 13.1 Å². The van der Waals surface area contributed by atoms with Crippen molar-refractivity contribution < 1.29 is 9.59 Å². The first-order chi connectivity index (χ1) is 11.1. The Bertz CT molecular complexity index is 493. The van der Waals surface area contributed by atoms with Crippen LogP contribution in [0.15, 0.2) is 30.3 Å². The summed E-state index contributed by atoms with van der Waals surface area (Å²) >= 11 is 0. The van der Waals surface area contributed by atoms with E-state index in [-0.39, 0.29) is 24.4 Å². The fourth-order valence-electron chi connectivity index (χ4n) is 3.13. The highest BCUT2D eigenvalue weighted by molar-refractivity contribution is 5.83. The van der Waals surface area contributed by atoms with Gasteiger partial charge in [0.15, 0.2) is 0 Å². The van der Waals surface area contributed by atoms with Crippen LogP contribution in [0.2, 0.25) is 0 Å². The fraction of sp³-hybridized carbons (Fsp3) is 0.579. The van der Waals surface area contributed by atoms with E-state index in [1.165, 1.54) is 38.2 Å².